The van der Waals surface area contributed by atoms with E-state index in [9.17, 15) is 5.11 Å². The summed E-state index contributed by atoms with van der Waals surface area (Å²) in [4.78, 5) is 0.750. The van der Waals surface area contributed by atoms with Crippen molar-refractivity contribution in [2.24, 2.45) is 0 Å². The van der Waals surface area contributed by atoms with E-state index in [0.29, 0.717) is 19.0 Å². The minimum Gasteiger partial charge on any atom is -0.508 e. The van der Waals surface area contributed by atoms with E-state index in [1.54, 1.807) is 23.8 Å². The Hall–Kier alpha value is -2.19. The highest BCUT2D eigenvalue weighted by Crippen LogP contribution is 2.18. The summed E-state index contributed by atoms with van der Waals surface area (Å²) >= 11 is 1.48. The zero-order chi connectivity index (χ0) is 13.9. The van der Waals surface area contributed by atoms with E-state index in [0.717, 1.165) is 15.7 Å². The first-order chi connectivity index (χ1) is 9.76. The number of nitrogens with one attached hydrogen (secondary N) is 1. The lowest BCUT2D eigenvalue weighted by Crippen LogP contribution is -2.02. The van der Waals surface area contributed by atoms with Crippen LogP contribution in [-0.2, 0) is 17.9 Å². The molecule has 104 valence electrons. The Kier molecular flexibility index (Phi) is 3.48. The lowest BCUT2D eigenvalue weighted by molar-refractivity contribution is 0.176. The predicted octanol–water partition coefficient (Wildman–Crippen LogP) is 1.65. The Bertz CT molecular complexity index is 706. The highest BCUT2D eigenvalue weighted by molar-refractivity contribution is 7.16. The SMILES string of the molecule is COCc1nnc2sc(CNc3ccc(O)cc3)nn12. The van der Waals surface area contributed by atoms with Gasteiger partial charge in [0.05, 0.1) is 6.54 Å². The number of phenols is 1. The summed E-state index contributed by atoms with van der Waals surface area (Å²) in [5.74, 6) is 0.938. The van der Waals surface area contributed by atoms with Gasteiger partial charge in [-0.15, -0.1) is 10.2 Å². The van der Waals surface area contributed by atoms with Crippen molar-refractivity contribution in [3.63, 3.8) is 0 Å². The van der Waals surface area contributed by atoms with Gasteiger partial charge in [0.2, 0.25) is 4.96 Å². The largest absolute Gasteiger partial charge is 0.508 e. The summed E-state index contributed by atoms with van der Waals surface area (Å²) in [6, 6.07) is 6.90. The number of nitrogens with zero attached hydrogens (tertiary/aromatic N) is 4. The fourth-order valence-electron chi connectivity index (χ4n) is 1.74. The monoisotopic (exact) mass is 291 g/mol. The molecule has 0 unspecified atom stereocenters. The molecule has 20 heavy (non-hydrogen) atoms. The molecule has 2 aromatic heterocycles. The van der Waals surface area contributed by atoms with Crippen molar-refractivity contribution in [1.29, 1.82) is 0 Å². The van der Waals surface area contributed by atoms with Crippen LogP contribution in [0.2, 0.25) is 0 Å². The molecule has 0 bridgehead atoms. The normalized spacial score (nSPS) is 11.1. The highest BCUT2D eigenvalue weighted by Gasteiger charge is 2.11. The lowest BCUT2D eigenvalue weighted by atomic mass is 10.3. The van der Waals surface area contributed by atoms with Gasteiger partial charge in [0, 0.05) is 12.8 Å². The van der Waals surface area contributed by atoms with E-state index in [1.165, 1.54) is 11.3 Å². The molecule has 7 nitrogen and oxygen atoms in total. The van der Waals surface area contributed by atoms with Crippen LogP contribution in [-0.4, -0.2) is 32.0 Å². The Morgan fingerprint density at radius 2 is 2.10 bits per heavy atom. The Morgan fingerprint density at radius 1 is 1.30 bits per heavy atom. The number of ether oxygens (including phenoxy) is 1. The van der Waals surface area contributed by atoms with E-state index in [4.69, 9.17) is 4.74 Å². The standard InChI is InChI=1S/C12H13N5O2S/c1-19-7-10-14-15-12-17(10)16-11(20-12)6-13-8-2-4-9(18)5-3-8/h2-5,13,18H,6-7H2,1H3. The molecule has 1 aromatic carbocycles. The molecule has 0 aliphatic rings. The minimum absolute atomic E-state index is 0.249. The number of aromatic nitrogens is 4. The van der Waals surface area contributed by atoms with Gasteiger partial charge in [-0.1, -0.05) is 11.3 Å². The van der Waals surface area contributed by atoms with Crippen LogP contribution in [0.15, 0.2) is 24.3 Å². The van der Waals surface area contributed by atoms with Gasteiger partial charge in [-0.2, -0.15) is 9.61 Å². The van der Waals surface area contributed by atoms with Gasteiger partial charge in [0.1, 0.15) is 17.4 Å². The van der Waals surface area contributed by atoms with Crippen molar-refractivity contribution in [3.8, 4) is 5.75 Å². The fourth-order valence-corrected chi connectivity index (χ4v) is 2.54. The minimum atomic E-state index is 0.249. The van der Waals surface area contributed by atoms with Crippen LogP contribution in [0.3, 0.4) is 0 Å². The summed E-state index contributed by atoms with van der Waals surface area (Å²) in [5.41, 5.74) is 0.922. The molecular formula is C12H13N5O2S. The van der Waals surface area contributed by atoms with Crippen molar-refractivity contribution in [2.75, 3.05) is 12.4 Å². The van der Waals surface area contributed by atoms with Gasteiger partial charge in [-0.05, 0) is 24.3 Å². The van der Waals surface area contributed by atoms with Crippen molar-refractivity contribution in [2.45, 2.75) is 13.2 Å². The molecule has 0 fully saturated rings. The van der Waals surface area contributed by atoms with Gasteiger partial charge in [0.25, 0.3) is 0 Å². The van der Waals surface area contributed by atoms with Crippen molar-refractivity contribution >= 4 is 22.0 Å². The summed E-state index contributed by atoms with van der Waals surface area (Å²) in [6.07, 6.45) is 0. The number of methoxy groups -OCH3 is 1. The predicted molar refractivity (Wildman–Crippen MR) is 74.8 cm³/mol. The molecule has 0 radical (unpaired) electrons. The summed E-state index contributed by atoms with van der Waals surface area (Å²) in [5, 5.41) is 25.9. The van der Waals surface area contributed by atoms with E-state index in [2.05, 4.69) is 20.6 Å². The number of anilines is 1. The van der Waals surface area contributed by atoms with Crippen LogP contribution >= 0.6 is 11.3 Å². The molecule has 3 aromatic rings. The molecule has 0 atom stereocenters. The second-order valence-corrected chi connectivity index (χ2v) is 5.18. The Morgan fingerprint density at radius 3 is 2.85 bits per heavy atom. The van der Waals surface area contributed by atoms with Crippen LogP contribution in [0.4, 0.5) is 5.69 Å². The van der Waals surface area contributed by atoms with Crippen LogP contribution in [0, 0.1) is 0 Å². The second kappa shape index (κ2) is 5.43. The number of hydrogen-bond acceptors (Lipinski definition) is 7. The molecule has 2 heterocycles. The first kappa shape index (κ1) is 12.8. The van der Waals surface area contributed by atoms with Crippen LogP contribution in [0.5, 0.6) is 5.75 Å². The van der Waals surface area contributed by atoms with Gasteiger partial charge >= 0.3 is 0 Å². The van der Waals surface area contributed by atoms with Crippen molar-refractivity contribution in [3.05, 3.63) is 35.1 Å². The van der Waals surface area contributed by atoms with Gasteiger partial charge < -0.3 is 15.2 Å². The van der Waals surface area contributed by atoms with E-state index < -0.39 is 0 Å². The fraction of sp³-hybridized carbons (Fsp3) is 0.250. The molecule has 0 aliphatic carbocycles. The average Bonchev–Trinajstić information content (AvgIpc) is 3.00. The first-order valence-electron chi connectivity index (χ1n) is 5.98. The van der Waals surface area contributed by atoms with Gasteiger partial charge in [0.15, 0.2) is 5.82 Å². The number of benzene rings is 1. The lowest BCUT2D eigenvalue weighted by Gasteiger charge is -2.03. The quantitative estimate of drug-likeness (QED) is 0.695. The van der Waals surface area contributed by atoms with Gasteiger partial charge in [-0.25, -0.2) is 0 Å². The van der Waals surface area contributed by atoms with Crippen LogP contribution < -0.4 is 5.32 Å². The third kappa shape index (κ3) is 2.56. The molecule has 0 amide bonds. The number of rotatable bonds is 5. The maximum atomic E-state index is 9.22. The van der Waals surface area contributed by atoms with Gasteiger partial charge in [-0.3, -0.25) is 0 Å². The molecule has 8 heteroatoms. The summed E-state index contributed by atoms with van der Waals surface area (Å²) < 4.78 is 6.74. The molecule has 0 saturated carbocycles. The van der Waals surface area contributed by atoms with E-state index >= 15 is 0 Å². The number of aromatic hydroxyl groups is 1. The molecule has 0 saturated heterocycles. The molecule has 2 N–H and O–H groups in total. The zero-order valence-corrected chi connectivity index (χ0v) is 11.6. The topological polar surface area (TPSA) is 84.6 Å². The molecular weight excluding hydrogens is 278 g/mol. The number of hydrogen-bond donors (Lipinski definition) is 2. The maximum absolute atomic E-state index is 9.22. The summed E-state index contributed by atoms with van der Waals surface area (Å²) in [7, 11) is 1.61. The van der Waals surface area contributed by atoms with E-state index in [1.807, 2.05) is 12.1 Å². The maximum Gasteiger partial charge on any atom is 0.234 e. The smallest absolute Gasteiger partial charge is 0.234 e. The zero-order valence-electron chi connectivity index (χ0n) is 10.8. The summed E-state index contributed by atoms with van der Waals surface area (Å²) in [6.45, 7) is 0.973. The van der Waals surface area contributed by atoms with Crippen molar-refractivity contribution < 1.29 is 9.84 Å². The Labute approximate surface area is 118 Å². The highest BCUT2D eigenvalue weighted by atomic mass is 32.1. The second-order valence-electron chi connectivity index (χ2n) is 4.14. The first-order valence-corrected chi connectivity index (χ1v) is 6.80. The van der Waals surface area contributed by atoms with Crippen LogP contribution in [0.1, 0.15) is 10.8 Å². The third-order valence-corrected chi connectivity index (χ3v) is 3.58. The van der Waals surface area contributed by atoms with E-state index in [-0.39, 0.29) is 5.75 Å². The number of phenolic OH excluding ortho intramolecular Hbond substituents is 1. The van der Waals surface area contributed by atoms with Crippen LogP contribution in [0.25, 0.3) is 4.96 Å². The third-order valence-electron chi connectivity index (χ3n) is 2.68. The molecule has 0 aliphatic heterocycles. The number of fused-ring (bicyclic) bond motifs is 1. The molecule has 0 spiro atoms. The Balaban J connectivity index is 1.72. The van der Waals surface area contributed by atoms with Crippen molar-refractivity contribution in [1.82, 2.24) is 19.8 Å². The molecule has 3 rings (SSSR count). The average molecular weight is 291 g/mol.